The molecule has 1 aliphatic heterocycles. The highest BCUT2D eigenvalue weighted by Gasteiger charge is 2.20. The summed E-state index contributed by atoms with van der Waals surface area (Å²) in [6, 6.07) is 13.9. The summed E-state index contributed by atoms with van der Waals surface area (Å²) < 4.78 is 24.0. The van der Waals surface area contributed by atoms with Crippen LogP contribution in [0.15, 0.2) is 54.6 Å². The number of nitrogens with zero attached hydrogens (tertiary/aromatic N) is 1. The third-order valence-corrected chi connectivity index (χ3v) is 4.42. The summed E-state index contributed by atoms with van der Waals surface area (Å²) >= 11 is 0. The van der Waals surface area contributed by atoms with Crippen LogP contribution in [0.3, 0.4) is 0 Å². The van der Waals surface area contributed by atoms with E-state index >= 15 is 0 Å². The molecule has 0 N–H and O–H groups in total. The molecule has 5 nitrogen and oxygen atoms in total. The van der Waals surface area contributed by atoms with Crippen molar-refractivity contribution in [1.29, 1.82) is 0 Å². The molecule has 0 spiro atoms. The first-order valence-electron chi connectivity index (χ1n) is 8.61. The van der Waals surface area contributed by atoms with E-state index in [2.05, 4.69) is 4.74 Å². The van der Waals surface area contributed by atoms with Gasteiger partial charge in [-0.25, -0.2) is 14.0 Å². The second kappa shape index (κ2) is 8.49. The number of rotatable bonds is 4. The molecule has 0 saturated heterocycles. The lowest BCUT2D eigenvalue weighted by molar-refractivity contribution is 0.0595. The van der Waals surface area contributed by atoms with E-state index in [4.69, 9.17) is 4.74 Å². The fraction of sp³-hybridized carbons (Fsp3) is 0.238. The van der Waals surface area contributed by atoms with Gasteiger partial charge in [-0.3, -0.25) is 0 Å². The monoisotopic (exact) mass is 369 g/mol. The number of hydrogen-bond donors (Lipinski definition) is 0. The molecule has 0 radical (unpaired) electrons. The number of ether oxygens (including phenoxy) is 2. The van der Waals surface area contributed by atoms with Gasteiger partial charge in [0.25, 0.3) is 0 Å². The van der Waals surface area contributed by atoms with Crippen LogP contribution < -0.4 is 0 Å². The lowest BCUT2D eigenvalue weighted by Crippen LogP contribution is -2.35. The third-order valence-electron chi connectivity index (χ3n) is 4.42. The molecule has 0 aromatic heterocycles. The molecular weight excluding hydrogens is 349 g/mol. The minimum Gasteiger partial charge on any atom is -0.465 e. The summed E-state index contributed by atoms with van der Waals surface area (Å²) in [5, 5.41) is 0. The van der Waals surface area contributed by atoms with Crippen LogP contribution in [-0.2, 0) is 16.1 Å². The predicted molar refractivity (Wildman–Crippen MR) is 98.5 cm³/mol. The van der Waals surface area contributed by atoms with Gasteiger partial charge in [0.05, 0.1) is 12.7 Å². The Morgan fingerprint density at radius 3 is 2.56 bits per heavy atom. The normalized spacial score (nSPS) is 13.7. The van der Waals surface area contributed by atoms with E-state index in [1.165, 1.54) is 19.2 Å². The van der Waals surface area contributed by atoms with Crippen LogP contribution in [0.25, 0.3) is 5.57 Å². The van der Waals surface area contributed by atoms with Crippen molar-refractivity contribution < 1.29 is 23.5 Å². The fourth-order valence-corrected chi connectivity index (χ4v) is 2.90. The predicted octanol–water partition coefficient (Wildman–Crippen LogP) is 4.04. The number of hydrogen-bond acceptors (Lipinski definition) is 4. The van der Waals surface area contributed by atoms with Gasteiger partial charge in [-0.2, -0.15) is 0 Å². The minimum absolute atomic E-state index is 0.0937. The lowest BCUT2D eigenvalue weighted by Gasteiger charge is -2.26. The number of halogens is 1. The van der Waals surface area contributed by atoms with E-state index in [0.717, 1.165) is 11.1 Å². The number of amides is 1. The molecule has 0 aliphatic carbocycles. The smallest absolute Gasteiger partial charge is 0.410 e. The number of carbonyl (C=O) groups excluding carboxylic acids is 2. The van der Waals surface area contributed by atoms with Gasteiger partial charge < -0.3 is 14.4 Å². The SMILES string of the molecule is COC(=O)c1ccc(C2=CCN(C(=O)OCc3ccccc3)CC2)cc1F. The summed E-state index contributed by atoms with van der Waals surface area (Å²) in [7, 11) is 1.21. The third kappa shape index (κ3) is 4.53. The van der Waals surface area contributed by atoms with Crippen molar-refractivity contribution in [1.82, 2.24) is 4.90 Å². The molecule has 0 unspecified atom stereocenters. The fourth-order valence-electron chi connectivity index (χ4n) is 2.90. The molecular formula is C21H20FNO4. The second-order valence-electron chi connectivity index (χ2n) is 6.15. The average Bonchev–Trinajstić information content (AvgIpc) is 2.72. The highest BCUT2D eigenvalue weighted by molar-refractivity contribution is 5.90. The number of carbonyl (C=O) groups is 2. The van der Waals surface area contributed by atoms with Gasteiger partial charge >= 0.3 is 12.1 Å². The zero-order chi connectivity index (χ0) is 19.2. The van der Waals surface area contributed by atoms with Crippen molar-refractivity contribution in [3.8, 4) is 0 Å². The highest BCUT2D eigenvalue weighted by Crippen LogP contribution is 2.25. The zero-order valence-corrected chi connectivity index (χ0v) is 15.0. The van der Waals surface area contributed by atoms with Gasteiger partial charge in [0.2, 0.25) is 0 Å². The van der Waals surface area contributed by atoms with E-state index in [0.29, 0.717) is 25.1 Å². The van der Waals surface area contributed by atoms with Crippen LogP contribution in [-0.4, -0.2) is 37.2 Å². The van der Waals surface area contributed by atoms with Gasteiger partial charge in [0, 0.05) is 13.1 Å². The first-order chi connectivity index (χ1) is 13.1. The van der Waals surface area contributed by atoms with E-state index in [9.17, 15) is 14.0 Å². The summed E-state index contributed by atoms with van der Waals surface area (Å²) in [6.45, 7) is 1.11. The average molecular weight is 369 g/mol. The van der Waals surface area contributed by atoms with E-state index in [1.54, 1.807) is 11.0 Å². The molecule has 3 rings (SSSR count). The summed E-state index contributed by atoms with van der Waals surface area (Å²) in [5.74, 6) is -1.33. The van der Waals surface area contributed by atoms with Gasteiger partial charge in [0.15, 0.2) is 0 Å². The quantitative estimate of drug-likeness (QED) is 0.764. The number of benzene rings is 2. The molecule has 1 heterocycles. The van der Waals surface area contributed by atoms with Gasteiger partial charge in [-0.15, -0.1) is 0 Å². The van der Waals surface area contributed by atoms with Crippen LogP contribution in [0.5, 0.6) is 0 Å². The van der Waals surface area contributed by atoms with Crippen LogP contribution in [0.2, 0.25) is 0 Å². The Kier molecular flexibility index (Phi) is 5.86. The Hall–Kier alpha value is -3.15. The van der Waals surface area contributed by atoms with E-state index < -0.39 is 11.8 Å². The van der Waals surface area contributed by atoms with Gasteiger partial charge in [-0.05, 0) is 35.3 Å². The van der Waals surface area contributed by atoms with Crippen LogP contribution >= 0.6 is 0 Å². The summed E-state index contributed by atoms with van der Waals surface area (Å²) in [6.07, 6.45) is 2.08. The van der Waals surface area contributed by atoms with Crippen LogP contribution in [0.1, 0.15) is 27.9 Å². The molecule has 6 heteroatoms. The molecule has 1 aliphatic rings. The number of methoxy groups -OCH3 is 1. The first kappa shape index (κ1) is 18.6. The molecule has 0 saturated carbocycles. The molecule has 2 aromatic carbocycles. The molecule has 1 amide bonds. The maximum Gasteiger partial charge on any atom is 0.410 e. The Morgan fingerprint density at radius 2 is 1.93 bits per heavy atom. The van der Waals surface area contributed by atoms with E-state index in [1.807, 2.05) is 36.4 Å². The Bertz CT molecular complexity index is 864. The molecule has 140 valence electrons. The maximum absolute atomic E-state index is 14.1. The first-order valence-corrected chi connectivity index (χ1v) is 8.61. The van der Waals surface area contributed by atoms with Crippen LogP contribution in [0.4, 0.5) is 9.18 Å². The minimum atomic E-state index is -0.705. The Labute approximate surface area is 157 Å². The van der Waals surface area contributed by atoms with Crippen molar-refractivity contribution in [2.75, 3.05) is 20.2 Å². The van der Waals surface area contributed by atoms with Gasteiger partial charge in [-0.1, -0.05) is 42.5 Å². The number of esters is 1. The Morgan fingerprint density at radius 1 is 1.15 bits per heavy atom. The zero-order valence-electron chi connectivity index (χ0n) is 15.0. The van der Waals surface area contributed by atoms with Crippen molar-refractivity contribution in [3.05, 3.63) is 77.1 Å². The summed E-state index contributed by atoms with van der Waals surface area (Å²) in [5.41, 5.74) is 2.46. The van der Waals surface area contributed by atoms with Gasteiger partial charge in [0.1, 0.15) is 12.4 Å². The lowest BCUT2D eigenvalue weighted by atomic mass is 9.98. The molecule has 2 aromatic rings. The highest BCUT2D eigenvalue weighted by atomic mass is 19.1. The van der Waals surface area contributed by atoms with Crippen LogP contribution in [0, 0.1) is 5.82 Å². The Balaban J connectivity index is 1.60. The molecule has 0 fully saturated rings. The van der Waals surface area contributed by atoms with Crippen molar-refractivity contribution in [2.45, 2.75) is 13.0 Å². The molecule has 0 bridgehead atoms. The summed E-state index contributed by atoms with van der Waals surface area (Å²) in [4.78, 5) is 25.3. The molecule has 0 atom stereocenters. The van der Waals surface area contributed by atoms with Crippen molar-refractivity contribution in [3.63, 3.8) is 0 Å². The largest absolute Gasteiger partial charge is 0.465 e. The molecule has 27 heavy (non-hydrogen) atoms. The van der Waals surface area contributed by atoms with E-state index in [-0.39, 0.29) is 18.3 Å². The second-order valence-corrected chi connectivity index (χ2v) is 6.15. The standard InChI is InChI=1S/C21H20FNO4/c1-26-20(24)18-8-7-17(13-19(18)22)16-9-11-23(12-10-16)21(25)27-14-15-5-3-2-4-6-15/h2-9,13H,10-12,14H2,1H3. The van der Waals surface area contributed by atoms with Crippen molar-refractivity contribution >= 4 is 17.6 Å². The topological polar surface area (TPSA) is 55.8 Å². The maximum atomic E-state index is 14.1. The van der Waals surface area contributed by atoms with Crippen molar-refractivity contribution in [2.24, 2.45) is 0 Å².